The van der Waals surface area contributed by atoms with Gasteiger partial charge in [0.05, 0.1) is 11.0 Å². The summed E-state index contributed by atoms with van der Waals surface area (Å²) in [5.41, 5.74) is 2.86. The molecular formula is C17H23ClN2. The Labute approximate surface area is 126 Å². The summed E-state index contributed by atoms with van der Waals surface area (Å²) in [6.45, 7) is 3.45. The van der Waals surface area contributed by atoms with Crippen LogP contribution in [-0.4, -0.2) is 15.4 Å². The first kappa shape index (κ1) is 13.9. The van der Waals surface area contributed by atoms with Crippen molar-refractivity contribution in [1.82, 2.24) is 9.55 Å². The smallest absolute Gasteiger partial charge is 0.111 e. The highest BCUT2D eigenvalue weighted by Crippen LogP contribution is 2.43. The van der Waals surface area contributed by atoms with Gasteiger partial charge < -0.3 is 4.57 Å². The number of para-hydroxylation sites is 2. The molecule has 108 valence electrons. The standard InChI is InChI=1S/C17H23ClN2/c1-2-17(10-5-6-11-17)13-20-15-8-4-3-7-14(15)19-16(20)9-12-18/h3-4,7-8H,2,5-6,9-13H2,1H3. The van der Waals surface area contributed by atoms with Gasteiger partial charge >= 0.3 is 0 Å². The molecule has 2 nitrogen and oxygen atoms in total. The van der Waals surface area contributed by atoms with E-state index in [1.165, 1.54) is 37.6 Å². The van der Waals surface area contributed by atoms with E-state index >= 15 is 0 Å². The van der Waals surface area contributed by atoms with Crippen molar-refractivity contribution in [2.24, 2.45) is 5.41 Å². The van der Waals surface area contributed by atoms with Crippen LogP contribution in [0.3, 0.4) is 0 Å². The number of alkyl halides is 1. The van der Waals surface area contributed by atoms with Crippen molar-refractivity contribution >= 4 is 22.6 Å². The van der Waals surface area contributed by atoms with Crippen molar-refractivity contribution in [2.75, 3.05) is 5.88 Å². The molecule has 0 bridgehead atoms. The Balaban J connectivity index is 2.02. The van der Waals surface area contributed by atoms with Crippen LogP contribution in [0.5, 0.6) is 0 Å². The molecule has 2 aromatic rings. The van der Waals surface area contributed by atoms with Gasteiger partial charge in [0.25, 0.3) is 0 Å². The molecular weight excluding hydrogens is 268 g/mol. The zero-order chi connectivity index (χ0) is 14.0. The molecule has 0 amide bonds. The van der Waals surface area contributed by atoms with E-state index in [1.807, 2.05) is 0 Å². The van der Waals surface area contributed by atoms with E-state index in [0.29, 0.717) is 11.3 Å². The van der Waals surface area contributed by atoms with Crippen molar-refractivity contribution in [2.45, 2.75) is 52.0 Å². The molecule has 0 atom stereocenters. The summed E-state index contributed by atoms with van der Waals surface area (Å²) < 4.78 is 2.44. The van der Waals surface area contributed by atoms with Crippen LogP contribution < -0.4 is 0 Å². The number of benzene rings is 1. The monoisotopic (exact) mass is 290 g/mol. The number of halogens is 1. The Hall–Kier alpha value is -1.02. The second kappa shape index (κ2) is 5.77. The molecule has 0 spiro atoms. The Morgan fingerprint density at radius 3 is 2.70 bits per heavy atom. The number of fused-ring (bicyclic) bond motifs is 1. The van der Waals surface area contributed by atoms with Gasteiger partial charge in [-0.05, 0) is 36.8 Å². The van der Waals surface area contributed by atoms with E-state index in [2.05, 4.69) is 35.8 Å². The zero-order valence-electron chi connectivity index (χ0n) is 12.2. The summed E-state index contributed by atoms with van der Waals surface area (Å²) in [5, 5.41) is 0. The van der Waals surface area contributed by atoms with Crippen molar-refractivity contribution < 1.29 is 0 Å². The molecule has 1 aromatic heterocycles. The predicted molar refractivity (Wildman–Crippen MR) is 85.3 cm³/mol. The Kier molecular flexibility index (Phi) is 4.02. The highest BCUT2D eigenvalue weighted by Gasteiger charge is 2.33. The van der Waals surface area contributed by atoms with Crippen molar-refractivity contribution in [1.29, 1.82) is 0 Å². The van der Waals surface area contributed by atoms with Crippen LogP contribution in [0.4, 0.5) is 0 Å². The van der Waals surface area contributed by atoms with Crippen LogP contribution in [0, 0.1) is 5.41 Å². The van der Waals surface area contributed by atoms with E-state index in [-0.39, 0.29) is 0 Å². The minimum atomic E-state index is 0.477. The maximum Gasteiger partial charge on any atom is 0.111 e. The molecule has 3 heteroatoms. The first-order valence-electron chi connectivity index (χ1n) is 7.78. The number of hydrogen-bond acceptors (Lipinski definition) is 1. The zero-order valence-corrected chi connectivity index (χ0v) is 13.0. The SMILES string of the molecule is CCC1(Cn2c(CCCl)nc3ccccc32)CCCC1. The Bertz CT molecular complexity index is 582. The molecule has 1 saturated carbocycles. The number of hydrogen-bond donors (Lipinski definition) is 0. The van der Waals surface area contributed by atoms with Gasteiger partial charge in [-0.2, -0.15) is 0 Å². The second-order valence-corrected chi connectivity index (χ2v) is 6.48. The predicted octanol–water partition coefficient (Wildman–Crippen LogP) is 4.79. The molecule has 1 aliphatic carbocycles. The average Bonchev–Trinajstić information content (AvgIpc) is 3.07. The normalized spacial score (nSPS) is 17.9. The number of nitrogens with zero attached hydrogens (tertiary/aromatic N) is 2. The first-order chi connectivity index (χ1) is 9.78. The topological polar surface area (TPSA) is 17.8 Å². The van der Waals surface area contributed by atoms with Gasteiger partial charge in [-0.3, -0.25) is 0 Å². The largest absolute Gasteiger partial charge is 0.327 e. The van der Waals surface area contributed by atoms with Crippen LogP contribution in [0.25, 0.3) is 11.0 Å². The van der Waals surface area contributed by atoms with Gasteiger partial charge in [-0.25, -0.2) is 4.98 Å². The fraction of sp³-hybridized carbons (Fsp3) is 0.588. The lowest BCUT2D eigenvalue weighted by molar-refractivity contribution is 0.238. The lowest BCUT2D eigenvalue weighted by Crippen LogP contribution is -2.24. The summed E-state index contributed by atoms with van der Waals surface area (Å²) in [4.78, 5) is 4.79. The molecule has 20 heavy (non-hydrogen) atoms. The number of rotatable bonds is 5. The molecule has 3 rings (SSSR count). The lowest BCUT2D eigenvalue weighted by atomic mass is 9.83. The van der Waals surface area contributed by atoms with Gasteiger partial charge in [-0.15, -0.1) is 11.6 Å². The fourth-order valence-corrected chi connectivity index (χ4v) is 3.83. The van der Waals surface area contributed by atoms with Crippen LogP contribution in [0.2, 0.25) is 0 Å². The van der Waals surface area contributed by atoms with Crippen LogP contribution in [0.1, 0.15) is 44.9 Å². The molecule has 1 fully saturated rings. The second-order valence-electron chi connectivity index (χ2n) is 6.10. The summed E-state index contributed by atoms with van der Waals surface area (Å²) in [6.07, 6.45) is 7.60. The Morgan fingerprint density at radius 1 is 1.25 bits per heavy atom. The molecule has 0 saturated heterocycles. The quantitative estimate of drug-likeness (QED) is 0.724. The van der Waals surface area contributed by atoms with E-state index in [4.69, 9.17) is 16.6 Å². The minimum absolute atomic E-state index is 0.477. The first-order valence-corrected chi connectivity index (χ1v) is 8.31. The third kappa shape index (κ3) is 2.46. The van der Waals surface area contributed by atoms with Crippen LogP contribution >= 0.6 is 11.6 Å². The average molecular weight is 291 g/mol. The summed E-state index contributed by atoms with van der Waals surface area (Å²) in [7, 11) is 0. The van der Waals surface area contributed by atoms with Gasteiger partial charge in [-0.1, -0.05) is 31.9 Å². The van der Waals surface area contributed by atoms with Crippen molar-refractivity contribution in [3.8, 4) is 0 Å². The van der Waals surface area contributed by atoms with Crippen LogP contribution in [0.15, 0.2) is 24.3 Å². The maximum absolute atomic E-state index is 5.97. The van der Waals surface area contributed by atoms with Crippen molar-refractivity contribution in [3.63, 3.8) is 0 Å². The summed E-state index contributed by atoms with van der Waals surface area (Å²) in [5.74, 6) is 1.79. The summed E-state index contributed by atoms with van der Waals surface area (Å²) in [6, 6.07) is 8.47. The highest BCUT2D eigenvalue weighted by molar-refractivity contribution is 6.17. The van der Waals surface area contributed by atoms with Gasteiger partial charge in [0.1, 0.15) is 5.82 Å². The maximum atomic E-state index is 5.97. The molecule has 0 N–H and O–H groups in total. The molecule has 0 unspecified atom stereocenters. The third-order valence-electron chi connectivity index (χ3n) is 4.96. The molecule has 1 aliphatic rings. The van der Waals surface area contributed by atoms with E-state index in [1.54, 1.807) is 0 Å². The third-order valence-corrected chi connectivity index (χ3v) is 5.15. The summed E-state index contributed by atoms with van der Waals surface area (Å²) >= 11 is 5.97. The Morgan fingerprint density at radius 2 is 2.00 bits per heavy atom. The van der Waals surface area contributed by atoms with Gasteiger partial charge in [0.15, 0.2) is 0 Å². The molecule has 1 heterocycles. The minimum Gasteiger partial charge on any atom is -0.327 e. The molecule has 0 radical (unpaired) electrons. The highest BCUT2D eigenvalue weighted by atomic mass is 35.5. The van der Waals surface area contributed by atoms with Gasteiger partial charge in [0.2, 0.25) is 0 Å². The number of aryl methyl sites for hydroxylation is 1. The fourth-order valence-electron chi connectivity index (χ4n) is 3.66. The van der Waals surface area contributed by atoms with Crippen molar-refractivity contribution in [3.05, 3.63) is 30.1 Å². The van der Waals surface area contributed by atoms with E-state index in [0.717, 1.165) is 24.3 Å². The van der Waals surface area contributed by atoms with E-state index in [9.17, 15) is 0 Å². The molecule has 1 aromatic carbocycles. The van der Waals surface area contributed by atoms with Gasteiger partial charge in [0, 0.05) is 18.8 Å². The van der Waals surface area contributed by atoms with E-state index < -0.39 is 0 Å². The number of aromatic nitrogens is 2. The number of imidazole rings is 1. The lowest BCUT2D eigenvalue weighted by Gasteiger charge is -2.29. The molecule has 0 aliphatic heterocycles. The van der Waals surface area contributed by atoms with Crippen LogP contribution in [-0.2, 0) is 13.0 Å².